The standard InChI is InChI=1S/C21H32N2O/c1-4-23-20(24)10-12-21(23)11-5-14-22(15-13-21)16-18-6-8-19(9-7-18)17(2)3/h6-9,17H,4-5,10-16H2,1-3H3/t21-/m0/s1. The Morgan fingerprint density at radius 3 is 2.50 bits per heavy atom. The smallest absolute Gasteiger partial charge is 0.223 e. The normalized spacial score (nSPS) is 25.7. The van der Waals surface area contributed by atoms with Crippen molar-refractivity contribution in [2.45, 2.75) is 70.9 Å². The summed E-state index contributed by atoms with van der Waals surface area (Å²) in [6, 6.07) is 9.11. The van der Waals surface area contributed by atoms with Crippen molar-refractivity contribution >= 4 is 5.91 Å². The van der Waals surface area contributed by atoms with Crippen molar-refractivity contribution in [1.82, 2.24) is 9.80 Å². The van der Waals surface area contributed by atoms with Gasteiger partial charge in [-0.2, -0.15) is 0 Å². The summed E-state index contributed by atoms with van der Waals surface area (Å²) >= 11 is 0. The fraction of sp³-hybridized carbons (Fsp3) is 0.667. The number of rotatable bonds is 4. The van der Waals surface area contributed by atoms with Crippen LogP contribution in [0.3, 0.4) is 0 Å². The third-order valence-corrected chi connectivity index (χ3v) is 6.06. The van der Waals surface area contributed by atoms with E-state index in [2.05, 4.69) is 54.8 Å². The lowest BCUT2D eigenvalue weighted by Crippen LogP contribution is -2.46. The molecule has 1 spiro atoms. The van der Waals surface area contributed by atoms with Crippen molar-refractivity contribution in [1.29, 1.82) is 0 Å². The van der Waals surface area contributed by atoms with Crippen LogP contribution in [-0.2, 0) is 11.3 Å². The van der Waals surface area contributed by atoms with E-state index in [1.807, 2.05) is 0 Å². The SMILES string of the molecule is CCN1C(=O)CC[C@]12CCCN(Cc1ccc(C(C)C)cc1)CC2. The highest BCUT2D eigenvalue weighted by Gasteiger charge is 2.44. The van der Waals surface area contributed by atoms with E-state index < -0.39 is 0 Å². The molecule has 3 nitrogen and oxygen atoms in total. The van der Waals surface area contributed by atoms with Gasteiger partial charge in [0.2, 0.25) is 5.91 Å². The van der Waals surface area contributed by atoms with Crippen LogP contribution < -0.4 is 0 Å². The average Bonchev–Trinajstić information content (AvgIpc) is 2.74. The molecule has 132 valence electrons. The van der Waals surface area contributed by atoms with Crippen molar-refractivity contribution in [2.24, 2.45) is 0 Å². The average molecular weight is 329 g/mol. The number of carbonyl (C=O) groups is 1. The third kappa shape index (κ3) is 3.51. The van der Waals surface area contributed by atoms with Crippen LogP contribution >= 0.6 is 0 Å². The summed E-state index contributed by atoms with van der Waals surface area (Å²) in [5, 5.41) is 0. The van der Waals surface area contributed by atoms with Gasteiger partial charge in [0.05, 0.1) is 0 Å². The zero-order valence-corrected chi connectivity index (χ0v) is 15.6. The van der Waals surface area contributed by atoms with Gasteiger partial charge in [-0.25, -0.2) is 0 Å². The molecule has 0 unspecified atom stereocenters. The van der Waals surface area contributed by atoms with Crippen molar-refractivity contribution in [3.8, 4) is 0 Å². The summed E-state index contributed by atoms with van der Waals surface area (Å²) in [5.74, 6) is 0.965. The summed E-state index contributed by atoms with van der Waals surface area (Å²) < 4.78 is 0. The maximum Gasteiger partial charge on any atom is 0.223 e. The second kappa shape index (κ2) is 7.26. The molecule has 1 amide bonds. The molecule has 2 saturated heterocycles. The number of carbonyl (C=O) groups excluding carboxylic acids is 1. The highest BCUT2D eigenvalue weighted by Crippen LogP contribution is 2.39. The third-order valence-electron chi connectivity index (χ3n) is 6.06. The summed E-state index contributed by atoms with van der Waals surface area (Å²) in [5.41, 5.74) is 2.98. The molecule has 0 aliphatic carbocycles. The van der Waals surface area contributed by atoms with Gasteiger partial charge in [-0.05, 0) is 56.2 Å². The summed E-state index contributed by atoms with van der Waals surface area (Å²) in [6.07, 6.45) is 5.33. The zero-order valence-electron chi connectivity index (χ0n) is 15.6. The fourth-order valence-electron chi connectivity index (χ4n) is 4.56. The Morgan fingerprint density at radius 2 is 1.83 bits per heavy atom. The van der Waals surface area contributed by atoms with E-state index in [1.165, 1.54) is 24.0 Å². The minimum absolute atomic E-state index is 0.155. The Bertz CT molecular complexity index is 566. The van der Waals surface area contributed by atoms with E-state index >= 15 is 0 Å². The van der Waals surface area contributed by atoms with Gasteiger partial charge in [0.25, 0.3) is 0 Å². The van der Waals surface area contributed by atoms with Crippen molar-refractivity contribution in [3.63, 3.8) is 0 Å². The Morgan fingerprint density at radius 1 is 1.08 bits per heavy atom. The lowest BCUT2D eigenvalue weighted by atomic mass is 9.88. The van der Waals surface area contributed by atoms with Crippen molar-refractivity contribution < 1.29 is 4.79 Å². The maximum atomic E-state index is 12.2. The van der Waals surface area contributed by atoms with E-state index in [-0.39, 0.29) is 5.54 Å². The predicted molar refractivity (Wildman–Crippen MR) is 99.0 cm³/mol. The van der Waals surface area contributed by atoms with Gasteiger partial charge in [0.1, 0.15) is 0 Å². The minimum atomic E-state index is 0.155. The molecule has 0 saturated carbocycles. The van der Waals surface area contributed by atoms with E-state index in [1.54, 1.807) is 0 Å². The van der Waals surface area contributed by atoms with Gasteiger partial charge in [0, 0.05) is 31.6 Å². The van der Waals surface area contributed by atoms with E-state index in [4.69, 9.17) is 0 Å². The molecule has 1 aromatic carbocycles. The van der Waals surface area contributed by atoms with Crippen LogP contribution in [0.2, 0.25) is 0 Å². The molecule has 2 aliphatic heterocycles. The van der Waals surface area contributed by atoms with Crippen molar-refractivity contribution in [2.75, 3.05) is 19.6 Å². The van der Waals surface area contributed by atoms with Crippen LogP contribution in [0, 0.1) is 0 Å². The molecule has 1 atom stereocenters. The Balaban J connectivity index is 1.62. The first-order valence-electron chi connectivity index (χ1n) is 9.66. The van der Waals surface area contributed by atoms with Gasteiger partial charge in [0.15, 0.2) is 0 Å². The summed E-state index contributed by atoms with van der Waals surface area (Å²) in [4.78, 5) is 16.9. The Kier molecular flexibility index (Phi) is 5.29. The number of hydrogen-bond donors (Lipinski definition) is 0. The predicted octanol–water partition coefficient (Wildman–Crippen LogP) is 4.18. The molecule has 0 N–H and O–H groups in total. The molecule has 0 aromatic heterocycles. The topological polar surface area (TPSA) is 23.6 Å². The first-order chi connectivity index (χ1) is 11.5. The molecule has 0 radical (unpaired) electrons. The van der Waals surface area contributed by atoms with Crippen LogP contribution in [0.5, 0.6) is 0 Å². The highest BCUT2D eigenvalue weighted by molar-refractivity contribution is 5.79. The van der Waals surface area contributed by atoms with Crippen LogP contribution in [0.4, 0.5) is 0 Å². The van der Waals surface area contributed by atoms with Gasteiger partial charge < -0.3 is 4.90 Å². The van der Waals surface area contributed by atoms with Crippen LogP contribution in [0.15, 0.2) is 24.3 Å². The lowest BCUT2D eigenvalue weighted by Gasteiger charge is -2.37. The first kappa shape index (κ1) is 17.5. The van der Waals surface area contributed by atoms with Crippen LogP contribution in [0.25, 0.3) is 0 Å². The Labute approximate surface area is 147 Å². The summed E-state index contributed by atoms with van der Waals surface area (Å²) in [6.45, 7) is 10.8. The quantitative estimate of drug-likeness (QED) is 0.828. The van der Waals surface area contributed by atoms with Crippen molar-refractivity contribution in [3.05, 3.63) is 35.4 Å². The molecule has 0 bridgehead atoms. The molecule has 3 heteroatoms. The van der Waals surface area contributed by atoms with Crippen LogP contribution in [0.1, 0.15) is 69.9 Å². The monoisotopic (exact) mass is 328 g/mol. The Hall–Kier alpha value is -1.35. The van der Waals surface area contributed by atoms with Gasteiger partial charge in [-0.1, -0.05) is 38.1 Å². The maximum absolute atomic E-state index is 12.2. The molecule has 3 rings (SSSR count). The number of amides is 1. The molecular formula is C21H32N2O. The molecule has 1 aromatic rings. The van der Waals surface area contributed by atoms with E-state index in [9.17, 15) is 4.79 Å². The number of hydrogen-bond acceptors (Lipinski definition) is 2. The molecule has 2 aliphatic rings. The van der Waals surface area contributed by atoms with Gasteiger partial charge >= 0.3 is 0 Å². The second-order valence-corrected chi connectivity index (χ2v) is 7.89. The lowest BCUT2D eigenvalue weighted by molar-refractivity contribution is -0.131. The van der Waals surface area contributed by atoms with E-state index in [0.717, 1.165) is 45.4 Å². The number of likely N-dealkylation sites (tertiary alicyclic amines) is 2. The fourth-order valence-corrected chi connectivity index (χ4v) is 4.56. The summed E-state index contributed by atoms with van der Waals surface area (Å²) in [7, 11) is 0. The van der Waals surface area contributed by atoms with Crippen LogP contribution in [-0.4, -0.2) is 40.9 Å². The van der Waals surface area contributed by atoms with Gasteiger partial charge in [-0.15, -0.1) is 0 Å². The molecule has 2 heterocycles. The second-order valence-electron chi connectivity index (χ2n) is 7.89. The zero-order chi connectivity index (χ0) is 17.2. The molecular weight excluding hydrogens is 296 g/mol. The minimum Gasteiger partial charge on any atom is -0.337 e. The molecule has 2 fully saturated rings. The first-order valence-corrected chi connectivity index (χ1v) is 9.66. The van der Waals surface area contributed by atoms with E-state index in [0.29, 0.717) is 11.8 Å². The number of nitrogens with zero attached hydrogens (tertiary/aromatic N) is 2. The highest BCUT2D eigenvalue weighted by atomic mass is 16.2. The largest absolute Gasteiger partial charge is 0.337 e. The number of benzene rings is 1. The molecule has 24 heavy (non-hydrogen) atoms. The van der Waals surface area contributed by atoms with Gasteiger partial charge in [-0.3, -0.25) is 9.69 Å².